The van der Waals surface area contributed by atoms with E-state index < -0.39 is 17.6 Å². The number of benzene rings is 1. The molecule has 0 aliphatic carbocycles. The van der Waals surface area contributed by atoms with Crippen molar-refractivity contribution in [2.75, 3.05) is 6.61 Å². The highest BCUT2D eigenvalue weighted by Gasteiger charge is 2.43. The van der Waals surface area contributed by atoms with Gasteiger partial charge in [-0.1, -0.05) is 37.3 Å². The minimum atomic E-state index is -3.00. The van der Waals surface area contributed by atoms with E-state index in [1.54, 1.807) is 0 Å². The average molecular weight is 268 g/mol. The number of esters is 1. The first-order valence-corrected chi connectivity index (χ1v) is 6.04. The molecule has 0 saturated carbocycles. The van der Waals surface area contributed by atoms with Gasteiger partial charge in [0.25, 0.3) is 5.67 Å². The molecule has 4 nitrogen and oxygen atoms in total. The fourth-order valence-electron chi connectivity index (χ4n) is 1.57. The predicted octanol–water partition coefficient (Wildman–Crippen LogP) is 2.54. The Hall–Kier alpha value is -1.91. The van der Waals surface area contributed by atoms with Crippen LogP contribution in [-0.2, 0) is 14.3 Å². The molecule has 1 rings (SSSR count). The number of carbonyl (C=O) groups is 2. The summed E-state index contributed by atoms with van der Waals surface area (Å²) < 4.78 is 18.3. The molecule has 0 radical (unpaired) electrons. The number of carbonyl (C=O) groups excluding carboxylic acids is 1. The second-order valence-electron chi connectivity index (χ2n) is 4.42. The van der Waals surface area contributed by atoms with Gasteiger partial charge in [0.15, 0.2) is 0 Å². The highest BCUT2D eigenvalue weighted by Crippen LogP contribution is 2.21. The molecule has 0 aromatic heterocycles. The van der Waals surface area contributed by atoms with Gasteiger partial charge in [0, 0.05) is 5.92 Å². The summed E-state index contributed by atoms with van der Waals surface area (Å²) in [5.74, 6) is -3.28. The highest BCUT2D eigenvalue weighted by molar-refractivity contribution is 6.02. The van der Waals surface area contributed by atoms with Crippen molar-refractivity contribution >= 4 is 11.9 Å². The smallest absolute Gasteiger partial charge is 0.355 e. The van der Waals surface area contributed by atoms with Crippen molar-refractivity contribution in [2.24, 2.45) is 0 Å². The van der Waals surface area contributed by atoms with Crippen molar-refractivity contribution < 1.29 is 23.8 Å². The van der Waals surface area contributed by atoms with E-state index in [2.05, 4.69) is 0 Å². The quantitative estimate of drug-likeness (QED) is 0.636. The standard InChI is InChI=1S/C14H17FO4/c1-3-10(11-7-5-4-6-8-11)9-19-13(18)14(2,15)12(16)17/h4-8,10H,3,9H2,1-2H3,(H,16,17). The molecular weight excluding hydrogens is 251 g/mol. The summed E-state index contributed by atoms with van der Waals surface area (Å²) in [5, 5.41) is 8.58. The first-order chi connectivity index (χ1) is 8.89. The van der Waals surface area contributed by atoms with Crippen LogP contribution in [0.2, 0.25) is 0 Å². The van der Waals surface area contributed by atoms with Crippen LogP contribution in [0.3, 0.4) is 0 Å². The number of ether oxygens (including phenoxy) is 1. The van der Waals surface area contributed by atoms with Crippen LogP contribution in [0.25, 0.3) is 0 Å². The molecule has 0 heterocycles. The summed E-state index contributed by atoms with van der Waals surface area (Å²) in [4.78, 5) is 22.0. The monoisotopic (exact) mass is 268 g/mol. The molecule has 1 aromatic carbocycles. The topological polar surface area (TPSA) is 63.6 Å². The molecule has 0 aliphatic heterocycles. The van der Waals surface area contributed by atoms with Gasteiger partial charge in [0.2, 0.25) is 0 Å². The largest absolute Gasteiger partial charge is 0.478 e. The van der Waals surface area contributed by atoms with Crippen molar-refractivity contribution in [1.29, 1.82) is 0 Å². The van der Waals surface area contributed by atoms with Crippen LogP contribution in [0.1, 0.15) is 31.7 Å². The maximum absolute atomic E-state index is 13.5. The SMILES string of the molecule is CCC(COC(=O)C(C)(F)C(=O)O)c1ccccc1. The van der Waals surface area contributed by atoms with Crippen LogP contribution in [-0.4, -0.2) is 29.3 Å². The number of rotatable bonds is 6. The lowest BCUT2D eigenvalue weighted by molar-refractivity contribution is -0.169. The number of hydrogen-bond donors (Lipinski definition) is 1. The van der Waals surface area contributed by atoms with E-state index in [1.807, 2.05) is 37.3 Å². The van der Waals surface area contributed by atoms with Gasteiger partial charge in [0.05, 0.1) is 6.61 Å². The van der Waals surface area contributed by atoms with Crippen LogP contribution in [0.4, 0.5) is 4.39 Å². The highest BCUT2D eigenvalue weighted by atomic mass is 19.1. The van der Waals surface area contributed by atoms with Crippen LogP contribution < -0.4 is 0 Å². The van der Waals surface area contributed by atoms with E-state index in [4.69, 9.17) is 9.84 Å². The Labute approximate surface area is 111 Å². The Morgan fingerprint density at radius 1 is 1.37 bits per heavy atom. The molecule has 0 bridgehead atoms. The van der Waals surface area contributed by atoms with E-state index in [1.165, 1.54) is 0 Å². The molecule has 0 saturated heterocycles. The molecule has 0 amide bonds. The van der Waals surface area contributed by atoms with E-state index in [0.29, 0.717) is 13.3 Å². The van der Waals surface area contributed by atoms with E-state index in [0.717, 1.165) is 5.56 Å². The van der Waals surface area contributed by atoms with Crippen molar-refractivity contribution in [3.8, 4) is 0 Å². The Morgan fingerprint density at radius 3 is 2.42 bits per heavy atom. The van der Waals surface area contributed by atoms with Gasteiger partial charge in [-0.15, -0.1) is 0 Å². The Morgan fingerprint density at radius 2 is 1.95 bits per heavy atom. The Kier molecular flexibility index (Phi) is 5.03. The molecule has 104 valence electrons. The van der Waals surface area contributed by atoms with E-state index >= 15 is 0 Å². The summed E-state index contributed by atoms with van der Waals surface area (Å²) >= 11 is 0. The number of hydrogen-bond acceptors (Lipinski definition) is 3. The third-order valence-corrected chi connectivity index (χ3v) is 2.96. The van der Waals surface area contributed by atoms with E-state index in [9.17, 15) is 14.0 Å². The first-order valence-electron chi connectivity index (χ1n) is 6.04. The zero-order valence-electron chi connectivity index (χ0n) is 10.9. The van der Waals surface area contributed by atoms with Crippen LogP contribution in [0.15, 0.2) is 30.3 Å². The molecule has 0 fully saturated rings. The minimum absolute atomic E-state index is 0.0356. The minimum Gasteiger partial charge on any atom is -0.478 e. The van der Waals surface area contributed by atoms with Gasteiger partial charge in [-0.25, -0.2) is 14.0 Å². The maximum Gasteiger partial charge on any atom is 0.355 e. The number of alkyl halides is 1. The van der Waals surface area contributed by atoms with E-state index in [-0.39, 0.29) is 12.5 Å². The molecule has 1 aromatic rings. The molecular formula is C14H17FO4. The van der Waals surface area contributed by atoms with Gasteiger partial charge in [-0.05, 0) is 18.9 Å². The molecule has 19 heavy (non-hydrogen) atoms. The molecule has 5 heteroatoms. The summed E-state index contributed by atoms with van der Waals surface area (Å²) in [6.45, 7) is 2.56. The number of carboxylic acids is 1. The Bertz CT molecular complexity index is 442. The third kappa shape index (κ3) is 3.77. The number of carboxylic acid groups (broad SMARTS) is 1. The van der Waals surface area contributed by atoms with Crippen LogP contribution >= 0.6 is 0 Å². The second kappa shape index (κ2) is 6.31. The zero-order valence-corrected chi connectivity index (χ0v) is 10.9. The average Bonchev–Trinajstić information content (AvgIpc) is 2.40. The lowest BCUT2D eigenvalue weighted by Gasteiger charge is -2.18. The van der Waals surface area contributed by atoms with Crippen molar-refractivity contribution in [3.63, 3.8) is 0 Å². The van der Waals surface area contributed by atoms with Gasteiger partial charge in [-0.3, -0.25) is 0 Å². The number of aliphatic carboxylic acids is 1. The first kappa shape index (κ1) is 15.1. The maximum atomic E-state index is 13.5. The third-order valence-electron chi connectivity index (χ3n) is 2.96. The van der Waals surface area contributed by atoms with Crippen molar-refractivity contribution in [2.45, 2.75) is 31.9 Å². The fourth-order valence-corrected chi connectivity index (χ4v) is 1.57. The van der Waals surface area contributed by atoms with Gasteiger partial charge < -0.3 is 9.84 Å². The van der Waals surface area contributed by atoms with Crippen LogP contribution in [0.5, 0.6) is 0 Å². The molecule has 1 N–H and O–H groups in total. The summed E-state index contributed by atoms with van der Waals surface area (Å²) in [7, 11) is 0. The van der Waals surface area contributed by atoms with Crippen molar-refractivity contribution in [3.05, 3.63) is 35.9 Å². The predicted molar refractivity (Wildman–Crippen MR) is 67.6 cm³/mol. The summed E-state index contributed by atoms with van der Waals surface area (Å²) in [6.07, 6.45) is 0.702. The fraction of sp³-hybridized carbons (Fsp3) is 0.429. The second-order valence-corrected chi connectivity index (χ2v) is 4.42. The van der Waals surface area contributed by atoms with Crippen molar-refractivity contribution in [1.82, 2.24) is 0 Å². The summed E-state index contributed by atoms with van der Waals surface area (Å²) in [5.41, 5.74) is -2.04. The van der Waals surface area contributed by atoms with Gasteiger partial charge in [0.1, 0.15) is 0 Å². The lowest BCUT2D eigenvalue weighted by Crippen LogP contribution is -2.41. The van der Waals surface area contributed by atoms with Gasteiger partial charge in [-0.2, -0.15) is 0 Å². The molecule has 2 atom stereocenters. The van der Waals surface area contributed by atoms with Crippen LogP contribution in [0, 0.1) is 0 Å². The molecule has 2 unspecified atom stereocenters. The van der Waals surface area contributed by atoms with Gasteiger partial charge >= 0.3 is 11.9 Å². The zero-order chi connectivity index (χ0) is 14.5. The number of halogens is 1. The normalized spacial score (nSPS) is 15.3. The summed E-state index contributed by atoms with van der Waals surface area (Å²) in [6, 6.07) is 9.35. The lowest BCUT2D eigenvalue weighted by atomic mass is 9.97. The Balaban J connectivity index is 2.65. The molecule has 0 spiro atoms. The molecule has 0 aliphatic rings.